The topological polar surface area (TPSA) is 83.0 Å². The molecule has 2 N–H and O–H groups in total. The average Bonchev–Trinajstić information content (AvgIpc) is 3.03. The van der Waals surface area contributed by atoms with Gasteiger partial charge in [-0.3, -0.25) is 4.99 Å². The minimum atomic E-state index is -3.30. The SMILES string of the molecule is CN=C(NCCS(=O)(=O)N1CC(C)OC(C)C1)NCc1ccsc1.I. The molecule has 0 amide bonds. The summed E-state index contributed by atoms with van der Waals surface area (Å²) in [5.74, 6) is 0.631. The van der Waals surface area contributed by atoms with Gasteiger partial charge in [-0.15, -0.1) is 24.0 Å². The van der Waals surface area contributed by atoms with Gasteiger partial charge >= 0.3 is 0 Å². The summed E-state index contributed by atoms with van der Waals surface area (Å²) in [5.41, 5.74) is 1.17. The van der Waals surface area contributed by atoms with Gasteiger partial charge in [0.05, 0.1) is 18.0 Å². The van der Waals surface area contributed by atoms with Gasteiger partial charge in [0, 0.05) is 33.2 Å². The lowest BCUT2D eigenvalue weighted by Crippen LogP contribution is -2.50. The van der Waals surface area contributed by atoms with E-state index in [1.165, 1.54) is 9.87 Å². The second-order valence-corrected chi connectivity index (χ2v) is 8.74. The van der Waals surface area contributed by atoms with Crippen LogP contribution in [0.3, 0.4) is 0 Å². The molecule has 7 nitrogen and oxygen atoms in total. The van der Waals surface area contributed by atoms with Crippen LogP contribution in [0.4, 0.5) is 0 Å². The predicted molar refractivity (Wildman–Crippen MR) is 113 cm³/mol. The Morgan fingerprint density at radius 3 is 2.60 bits per heavy atom. The van der Waals surface area contributed by atoms with Crippen molar-refractivity contribution in [3.63, 3.8) is 0 Å². The summed E-state index contributed by atoms with van der Waals surface area (Å²) in [6, 6.07) is 2.04. The van der Waals surface area contributed by atoms with Crippen molar-refractivity contribution in [3.8, 4) is 0 Å². The first-order valence-electron chi connectivity index (χ1n) is 7.99. The van der Waals surface area contributed by atoms with Crippen molar-refractivity contribution in [2.75, 3.05) is 32.4 Å². The molecule has 0 aromatic carbocycles. The number of rotatable bonds is 6. The van der Waals surface area contributed by atoms with Gasteiger partial charge in [0.15, 0.2) is 5.96 Å². The largest absolute Gasteiger partial charge is 0.373 e. The molecule has 144 valence electrons. The molecular formula is C15H27IN4O3S2. The standard InChI is InChI=1S/C15H26N4O3S2.HI/c1-12-9-19(10-13(2)22-12)24(20,21)7-5-17-15(16-3)18-8-14-4-6-23-11-14;/h4,6,11-13H,5,7-10H2,1-3H3,(H2,16,17,18);1H. The number of guanidine groups is 1. The molecule has 0 bridgehead atoms. The number of halogens is 1. The molecule has 0 spiro atoms. The van der Waals surface area contributed by atoms with E-state index in [4.69, 9.17) is 4.74 Å². The Kier molecular flexibility index (Phi) is 9.64. The number of hydrogen-bond acceptors (Lipinski definition) is 5. The van der Waals surface area contributed by atoms with Crippen LogP contribution in [0.25, 0.3) is 0 Å². The molecule has 0 aliphatic carbocycles. The summed E-state index contributed by atoms with van der Waals surface area (Å²) in [7, 11) is -1.63. The van der Waals surface area contributed by atoms with Crippen molar-refractivity contribution >= 4 is 51.3 Å². The van der Waals surface area contributed by atoms with Crippen LogP contribution in [-0.2, 0) is 21.3 Å². The number of ether oxygens (including phenoxy) is 1. The zero-order valence-corrected chi connectivity index (χ0v) is 18.7. The van der Waals surface area contributed by atoms with E-state index in [0.29, 0.717) is 32.1 Å². The number of morpholine rings is 1. The highest BCUT2D eigenvalue weighted by Gasteiger charge is 2.30. The highest BCUT2D eigenvalue weighted by atomic mass is 127. The van der Waals surface area contributed by atoms with Crippen LogP contribution in [0.5, 0.6) is 0 Å². The molecule has 1 aliphatic heterocycles. The molecule has 1 aliphatic rings. The maximum absolute atomic E-state index is 12.5. The summed E-state index contributed by atoms with van der Waals surface area (Å²) in [6.07, 6.45) is -0.145. The summed E-state index contributed by atoms with van der Waals surface area (Å²) in [4.78, 5) is 4.11. The predicted octanol–water partition coefficient (Wildman–Crippen LogP) is 1.47. The molecule has 0 saturated carbocycles. The third-order valence-electron chi connectivity index (χ3n) is 3.70. The molecule has 25 heavy (non-hydrogen) atoms. The Bertz CT molecular complexity index is 627. The summed E-state index contributed by atoms with van der Waals surface area (Å²) < 4.78 is 32.0. The van der Waals surface area contributed by atoms with Gasteiger partial charge in [-0.2, -0.15) is 15.6 Å². The minimum absolute atomic E-state index is 0. The lowest BCUT2D eigenvalue weighted by Gasteiger charge is -2.34. The summed E-state index contributed by atoms with van der Waals surface area (Å²) in [6.45, 7) is 5.59. The fourth-order valence-electron chi connectivity index (χ4n) is 2.58. The van der Waals surface area contributed by atoms with E-state index < -0.39 is 10.0 Å². The average molecular weight is 502 g/mol. The molecule has 0 radical (unpaired) electrons. The van der Waals surface area contributed by atoms with Gasteiger partial charge in [0.1, 0.15) is 0 Å². The molecule has 10 heteroatoms. The van der Waals surface area contributed by atoms with Gasteiger partial charge in [0.2, 0.25) is 10.0 Å². The number of aliphatic imine (C=N–C) groups is 1. The Hall–Kier alpha value is -0.430. The van der Waals surface area contributed by atoms with Crippen LogP contribution in [0.2, 0.25) is 0 Å². The number of nitrogens with one attached hydrogen (secondary N) is 2. The van der Waals surface area contributed by atoms with Crippen LogP contribution < -0.4 is 10.6 Å². The molecule has 1 aromatic heterocycles. The normalized spacial score (nSPS) is 22.3. The zero-order valence-electron chi connectivity index (χ0n) is 14.8. The monoisotopic (exact) mass is 502 g/mol. The number of hydrogen-bond donors (Lipinski definition) is 2. The Balaban J connectivity index is 0.00000312. The molecule has 2 unspecified atom stereocenters. The van der Waals surface area contributed by atoms with Crippen molar-refractivity contribution < 1.29 is 13.2 Å². The van der Waals surface area contributed by atoms with Crippen molar-refractivity contribution in [2.45, 2.75) is 32.6 Å². The molecule has 2 rings (SSSR count). The van der Waals surface area contributed by atoms with Gasteiger partial charge < -0.3 is 15.4 Å². The van der Waals surface area contributed by atoms with Gasteiger partial charge in [-0.25, -0.2) is 8.42 Å². The van der Waals surface area contributed by atoms with Crippen molar-refractivity contribution in [1.82, 2.24) is 14.9 Å². The quantitative estimate of drug-likeness (QED) is 0.350. The minimum Gasteiger partial charge on any atom is -0.373 e. The molecule has 1 fully saturated rings. The Labute approximate surface area is 171 Å². The fourth-order valence-corrected chi connectivity index (χ4v) is 4.75. The van der Waals surface area contributed by atoms with Crippen molar-refractivity contribution in [1.29, 1.82) is 0 Å². The van der Waals surface area contributed by atoms with Crippen molar-refractivity contribution in [3.05, 3.63) is 22.4 Å². The second kappa shape index (κ2) is 10.7. The van der Waals surface area contributed by atoms with E-state index in [2.05, 4.69) is 21.0 Å². The molecule has 1 aromatic rings. The van der Waals surface area contributed by atoms with Crippen molar-refractivity contribution in [2.24, 2.45) is 4.99 Å². The maximum atomic E-state index is 12.5. The highest BCUT2D eigenvalue weighted by Crippen LogP contribution is 2.14. The van der Waals surface area contributed by atoms with Crippen LogP contribution in [0.15, 0.2) is 21.8 Å². The van der Waals surface area contributed by atoms with E-state index >= 15 is 0 Å². The molecular weight excluding hydrogens is 475 g/mol. The van der Waals surface area contributed by atoms with E-state index in [9.17, 15) is 8.42 Å². The van der Waals surface area contributed by atoms with Crippen LogP contribution in [0, 0.1) is 0 Å². The lowest BCUT2D eigenvalue weighted by molar-refractivity contribution is -0.0440. The summed E-state index contributed by atoms with van der Waals surface area (Å²) >= 11 is 1.64. The first-order chi connectivity index (χ1) is 11.4. The first-order valence-corrected chi connectivity index (χ1v) is 10.5. The van der Waals surface area contributed by atoms with Crippen LogP contribution >= 0.6 is 35.3 Å². The zero-order chi connectivity index (χ0) is 17.6. The second-order valence-electron chi connectivity index (χ2n) is 5.87. The summed E-state index contributed by atoms with van der Waals surface area (Å²) in [5, 5.41) is 10.3. The Morgan fingerprint density at radius 1 is 1.36 bits per heavy atom. The number of thiophene rings is 1. The number of nitrogens with zero attached hydrogens (tertiary/aromatic N) is 2. The fraction of sp³-hybridized carbons (Fsp3) is 0.667. The van der Waals surface area contributed by atoms with Gasteiger partial charge in [-0.05, 0) is 36.2 Å². The van der Waals surface area contributed by atoms with Gasteiger partial charge in [-0.1, -0.05) is 0 Å². The smallest absolute Gasteiger partial charge is 0.216 e. The Morgan fingerprint density at radius 2 is 2.04 bits per heavy atom. The third-order valence-corrected chi connectivity index (χ3v) is 6.23. The van der Waals surface area contributed by atoms with Crippen LogP contribution in [-0.4, -0.2) is 63.3 Å². The number of sulfonamides is 1. The molecule has 2 heterocycles. The maximum Gasteiger partial charge on any atom is 0.216 e. The first kappa shape index (κ1) is 22.6. The lowest BCUT2D eigenvalue weighted by atomic mass is 10.3. The van der Waals surface area contributed by atoms with E-state index in [1.807, 2.05) is 25.3 Å². The molecule has 2 atom stereocenters. The highest BCUT2D eigenvalue weighted by molar-refractivity contribution is 14.0. The van der Waals surface area contributed by atoms with Crippen LogP contribution in [0.1, 0.15) is 19.4 Å². The van der Waals surface area contributed by atoms with Gasteiger partial charge in [0.25, 0.3) is 0 Å². The van der Waals surface area contributed by atoms with E-state index in [1.54, 1.807) is 18.4 Å². The third kappa shape index (κ3) is 7.37. The van der Waals surface area contributed by atoms with E-state index in [-0.39, 0.29) is 41.9 Å². The van der Waals surface area contributed by atoms with E-state index in [0.717, 1.165) is 0 Å². The molecule has 1 saturated heterocycles.